The van der Waals surface area contributed by atoms with Gasteiger partial charge in [0.05, 0.1) is 27.1 Å². The Morgan fingerprint density at radius 3 is 2.26 bits per heavy atom. The molecular formula is C29H36O10. The van der Waals surface area contributed by atoms with E-state index in [1.807, 2.05) is 24.3 Å². The molecule has 1 aliphatic heterocycles. The summed E-state index contributed by atoms with van der Waals surface area (Å²) in [4.78, 5) is 13.7. The number of hydrogen-bond donors (Lipinski definition) is 0. The number of aryl methyl sites for hydroxylation is 1. The summed E-state index contributed by atoms with van der Waals surface area (Å²) in [6, 6.07) is 11.1. The maximum atomic E-state index is 13.7. The van der Waals surface area contributed by atoms with Crippen LogP contribution in [0.25, 0.3) is 11.0 Å². The quantitative estimate of drug-likeness (QED) is 0.293. The van der Waals surface area contributed by atoms with Crippen LogP contribution in [0, 0.1) is 0 Å². The second kappa shape index (κ2) is 13.3. The molecule has 1 aromatic heterocycles. The predicted molar refractivity (Wildman–Crippen MR) is 142 cm³/mol. The van der Waals surface area contributed by atoms with Crippen LogP contribution in [0.3, 0.4) is 0 Å². The zero-order chi connectivity index (χ0) is 27.9. The maximum absolute atomic E-state index is 13.7. The predicted octanol–water partition coefficient (Wildman–Crippen LogP) is 4.06. The minimum atomic E-state index is -0.946. The molecule has 39 heavy (non-hydrogen) atoms. The average Bonchev–Trinajstić information content (AvgIpc) is 3.43. The number of rotatable bonds is 13. The maximum Gasteiger partial charge on any atom is 0.229 e. The SMILES string of the molecule is COCC1OC(Oc2cc(OC)cc(OC)c2C(=O)CCc2ccc3occc3c2)C(OC)C(OC)C1OC. The fraction of sp³-hybridized carbons (Fsp3) is 0.483. The van der Waals surface area contributed by atoms with Gasteiger partial charge >= 0.3 is 0 Å². The average molecular weight is 545 g/mol. The molecule has 212 valence electrons. The Hall–Kier alpha value is -3.15. The number of methoxy groups -OCH3 is 6. The van der Waals surface area contributed by atoms with Gasteiger partial charge in [-0.3, -0.25) is 4.79 Å². The molecule has 0 radical (unpaired) electrons. The monoisotopic (exact) mass is 544 g/mol. The fourth-order valence-electron chi connectivity index (χ4n) is 4.97. The van der Waals surface area contributed by atoms with Crippen LogP contribution in [0.2, 0.25) is 0 Å². The summed E-state index contributed by atoms with van der Waals surface area (Å²) in [5, 5.41) is 0.985. The highest BCUT2D eigenvalue weighted by Gasteiger charge is 2.48. The van der Waals surface area contributed by atoms with Crippen molar-refractivity contribution in [3.05, 3.63) is 53.8 Å². The first-order chi connectivity index (χ1) is 19.0. The van der Waals surface area contributed by atoms with E-state index in [9.17, 15) is 4.79 Å². The van der Waals surface area contributed by atoms with Crippen molar-refractivity contribution in [3.63, 3.8) is 0 Å². The number of carbonyl (C=O) groups is 1. The summed E-state index contributed by atoms with van der Waals surface area (Å²) in [5.41, 5.74) is 2.10. The molecule has 0 N–H and O–H groups in total. The lowest BCUT2D eigenvalue weighted by molar-refractivity contribution is -0.292. The summed E-state index contributed by atoms with van der Waals surface area (Å²) in [6.45, 7) is 0.239. The third kappa shape index (κ3) is 6.21. The van der Waals surface area contributed by atoms with Crippen molar-refractivity contribution in [2.75, 3.05) is 49.3 Å². The van der Waals surface area contributed by atoms with Crippen molar-refractivity contribution in [2.45, 2.75) is 43.5 Å². The Kier molecular flexibility index (Phi) is 9.82. The first kappa shape index (κ1) is 28.8. The van der Waals surface area contributed by atoms with Crippen molar-refractivity contribution >= 4 is 16.8 Å². The van der Waals surface area contributed by atoms with E-state index in [0.717, 1.165) is 16.5 Å². The number of carbonyl (C=O) groups excluding carboxylic acids is 1. The van der Waals surface area contributed by atoms with Gasteiger partial charge in [0.2, 0.25) is 6.29 Å². The Morgan fingerprint density at radius 1 is 0.846 bits per heavy atom. The van der Waals surface area contributed by atoms with Gasteiger partial charge < -0.3 is 42.3 Å². The third-order valence-corrected chi connectivity index (χ3v) is 6.91. The van der Waals surface area contributed by atoms with Crippen molar-refractivity contribution in [1.82, 2.24) is 0 Å². The number of ether oxygens (including phenoxy) is 8. The van der Waals surface area contributed by atoms with Crippen molar-refractivity contribution in [1.29, 1.82) is 0 Å². The van der Waals surface area contributed by atoms with Gasteiger partial charge in [0, 0.05) is 52.4 Å². The highest BCUT2D eigenvalue weighted by molar-refractivity contribution is 6.01. The molecule has 0 spiro atoms. The van der Waals surface area contributed by atoms with E-state index >= 15 is 0 Å². The van der Waals surface area contributed by atoms with E-state index in [-0.39, 0.29) is 30.1 Å². The van der Waals surface area contributed by atoms with E-state index in [1.165, 1.54) is 21.3 Å². The third-order valence-electron chi connectivity index (χ3n) is 6.91. The van der Waals surface area contributed by atoms with Crippen LogP contribution in [0.4, 0.5) is 0 Å². The Morgan fingerprint density at radius 2 is 1.59 bits per heavy atom. The number of hydrogen-bond acceptors (Lipinski definition) is 10. The second-order valence-electron chi connectivity index (χ2n) is 9.14. The molecule has 0 saturated carbocycles. The summed E-state index contributed by atoms with van der Waals surface area (Å²) in [7, 11) is 9.28. The molecule has 4 rings (SSSR count). The topological polar surface area (TPSA) is 104 Å². The summed E-state index contributed by atoms with van der Waals surface area (Å²) >= 11 is 0. The van der Waals surface area contributed by atoms with Gasteiger partial charge in [0.1, 0.15) is 52.8 Å². The highest BCUT2D eigenvalue weighted by Crippen LogP contribution is 2.38. The van der Waals surface area contributed by atoms with Crippen molar-refractivity contribution in [3.8, 4) is 17.2 Å². The molecule has 1 aliphatic rings. The fourth-order valence-corrected chi connectivity index (χ4v) is 4.97. The first-order valence-corrected chi connectivity index (χ1v) is 12.6. The van der Waals surface area contributed by atoms with Gasteiger partial charge in [-0.05, 0) is 30.2 Å². The van der Waals surface area contributed by atoms with Crippen LogP contribution in [0.5, 0.6) is 17.2 Å². The van der Waals surface area contributed by atoms with E-state index in [1.54, 1.807) is 39.7 Å². The van der Waals surface area contributed by atoms with E-state index < -0.39 is 30.7 Å². The van der Waals surface area contributed by atoms with Crippen molar-refractivity contribution < 1.29 is 47.1 Å². The molecule has 0 aliphatic carbocycles. The van der Waals surface area contributed by atoms with E-state index in [2.05, 4.69) is 0 Å². The van der Waals surface area contributed by atoms with Gasteiger partial charge in [0.25, 0.3) is 0 Å². The number of furan rings is 1. The largest absolute Gasteiger partial charge is 0.496 e. The lowest BCUT2D eigenvalue weighted by atomic mass is 9.98. The van der Waals surface area contributed by atoms with Gasteiger partial charge in [-0.15, -0.1) is 0 Å². The van der Waals surface area contributed by atoms with E-state index in [4.69, 9.17) is 42.3 Å². The Labute approximate surface area is 228 Å². The number of benzene rings is 2. The van der Waals surface area contributed by atoms with Crippen LogP contribution < -0.4 is 14.2 Å². The van der Waals surface area contributed by atoms with Crippen LogP contribution in [0.15, 0.2) is 47.1 Å². The molecule has 2 heterocycles. The molecule has 10 heteroatoms. The smallest absolute Gasteiger partial charge is 0.229 e. The van der Waals surface area contributed by atoms with Crippen LogP contribution in [0.1, 0.15) is 22.3 Å². The summed E-state index contributed by atoms with van der Waals surface area (Å²) in [5.74, 6) is 0.875. The lowest BCUT2D eigenvalue weighted by Gasteiger charge is -2.44. The minimum Gasteiger partial charge on any atom is -0.496 e. The van der Waals surface area contributed by atoms with Crippen LogP contribution >= 0.6 is 0 Å². The first-order valence-electron chi connectivity index (χ1n) is 12.6. The van der Waals surface area contributed by atoms with Crippen LogP contribution in [-0.2, 0) is 30.1 Å². The van der Waals surface area contributed by atoms with Gasteiger partial charge in [0.15, 0.2) is 5.78 Å². The van der Waals surface area contributed by atoms with Crippen molar-refractivity contribution in [2.24, 2.45) is 0 Å². The zero-order valence-corrected chi connectivity index (χ0v) is 23.1. The second-order valence-corrected chi connectivity index (χ2v) is 9.14. The number of ketones is 1. The molecule has 2 aromatic carbocycles. The molecule has 0 bridgehead atoms. The standard InChI is InChI=1S/C29H36O10/c1-31-16-24-26(34-4)27(35-5)28(36-6)29(39-24)38-23-15-19(32-2)14-22(33-3)25(23)20(30)9-7-17-8-10-21-18(13-17)11-12-37-21/h8,10-15,24,26-29H,7,9,16H2,1-6H3. The van der Waals surface area contributed by atoms with Gasteiger partial charge in [-0.1, -0.05) is 6.07 Å². The molecule has 0 amide bonds. The summed E-state index contributed by atoms with van der Waals surface area (Å²) in [6.07, 6.45) is -0.727. The van der Waals surface area contributed by atoms with E-state index in [0.29, 0.717) is 17.9 Å². The Bertz CT molecular complexity index is 1240. The molecule has 5 unspecified atom stereocenters. The minimum absolute atomic E-state index is 0.159. The van der Waals surface area contributed by atoms with Gasteiger partial charge in [-0.2, -0.15) is 0 Å². The molecule has 1 fully saturated rings. The van der Waals surface area contributed by atoms with Gasteiger partial charge in [-0.25, -0.2) is 0 Å². The lowest BCUT2D eigenvalue weighted by Crippen LogP contribution is -2.62. The molecule has 3 aromatic rings. The zero-order valence-electron chi connectivity index (χ0n) is 23.1. The molecule has 1 saturated heterocycles. The van der Waals surface area contributed by atoms with Crippen LogP contribution in [-0.4, -0.2) is 85.8 Å². The number of Topliss-reactive ketones (excluding diaryl/α,β-unsaturated/α-hetero) is 1. The molecular weight excluding hydrogens is 508 g/mol. The summed E-state index contributed by atoms with van der Waals surface area (Å²) < 4.78 is 51.5. The Balaban J connectivity index is 1.64. The molecule has 5 atom stereocenters. The highest BCUT2D eigenvalue weighted by atomic mass is 16.7. The molecule has 10 nitrogen and oxygen atoms in total. The number of fused-ring (bicyclic) bond motifs is 1. The normalized spacial score (nSPS) is 23.1.